The summed E-state index contributed by atoms with van der Waals surface area (Å²) in [7, 11) is 0. The van der Waals surface area contributed by atoms with E-state index in [0.29, 0.717) is 16.7 Å². The van der Waals surface area contributed by atoms with Gasteiger partial charge in [-0.05, 0) is 68.1 Å². The van der Waals surface area contributed by atoms with Crippen LogP contribution in [-0.2, 0) is 0 Å². The number of aliphatic hydroxyl groups is 2. The Morgan fingerprint density at radius 3 is 2.57 bits per heavy atom. The van der Waals surface area contributed by atoms with Gasteiger partial charge in [-0.2, -0.15) is 0 Å². The van der Waals surface area contributed by atoms with Gasteiger partial charge in [0, 0.05) is 0 Å². The molecule has 122 valence electrons. The van der Waals surface area contributed by atoms with E-state index in [-0.39, 0.29) is 12.7 Å². The molecule has 0 saturated heterocycles. The summed E-state index contributed by atoms with van der Waals surface area (Å²) < 4.78 is 0. The smallest absolute Gasteiger partial charge is 0.0614 e. The highest BCUT2D eigenvalue weighted by Crippen LogP contribution is 2.60. The summed E-state index contributed by atoms with van der Waals surface area (Å²) in [5.74, 6) is 1.16. The van der Waals surface area contributed by atoms with Crippen molar-refractivity contribution in [1.29, 1.82) is 0 Å². The fourth-order valence-corrected chi connectivity index (χ4v) is 5.47. The molecule has 0 aromatic rings. The molecule has 2 N–H and O–H groups in total. The van der Waals surface area contributed by atoms with Gasteiger partial charge < -0.3 is 10.2 Å². The molecule has 2 nitrogen and oxygen atoms in total. The summed E-state index contributed by atoms with van der Waals surface area (Å²) >= 11 is 0. The maximum atomic E-state index is 10.6. The summed E-state index contributed by atoms with van der Waals surface area (Å²) in [6.07, 6.45) is 9.89. The first kappa shape index (κ1) is 17.0. The first-order valence-electron chi connectivity index (χ1n) is 8.76. The van der Waals surface area contributed by atoms with Crippen LogP contribution in [0.4, 0.5) is 0 Å². The molecule has 2 rings (SSSR count). The third kappa shape index (κ3) is 3.37. The van der Waals surface area contributed by atoms with Crippen LogP contribution in [0, 0.1) is 22.7 Å². The Labute approximate surface area is 130 Å². The first-order valence-corrected chi connectivity index (χ1v) is 8.76. The monoisotopic (exact) mass is 294 g/mol. The largest absolute Gasteiger partial charge is 0.393 e. The van der Waals surface area contributed by atoms with Crippen LogP contribution in [0.5, 0.6) is 0 Å². The minimum absolute atomic E-state index is 0.131. The van der Waals surface area contributed by atoms with E-state index in [0.717, 1.165) is 25.2 Å². The van der Waals surface area contributed by atoms with Crippen molar-refractivity contribution in [2.45, 2.75) is 78.7 Å². The first-order chi connectivity index (χ1) is 9.81. The topological polar surface area (TPSA) is 40.5 Å². The average molecular weight is 294 g/mol. The minimum Gasteiger partial charge on any atom is -0.393 e. The van der Waals surface area contributed by atoms with E-state index < -0.39 is 0 Å². The second-order valence-corrected chi connectivity index (χ2v) is 8.42. The lowest BCUT2D eigenvalue weighted by Crippen LogP contribution is -2.53. The number of rotatable bonds is 4. The number of allylic oxidation sites excluding steroid dienone is 1. The SMILES string of the molecule is C/C(=C\CO)CC[C@H]1[C@@H](O)CCC2C(C)(C)CCC[C@@]21C. The number of hydrogen-bond acceptors (Lipinski definition) is 2. The second-order valence-electron chi connectivity index (χ2n) is 8.42. The van der Waals surface area contributed by atoms with Gasteiger partial charge in [-0.15, -0.1) is 0 Å². The maximum Gasteiger partial charge on any atom is 0.0614 e. The summed E-state index contributed by atoms with van der Waals surface area (Å²) in [5.41, 5.74) is 1.96. The molecule has 2 aliphatic rings. The lowest BCUT2D eigenvalue weighted by Gasteiger charge is -2.58. The summed E-state index contributed by atoms with van der Waals surface area (Å²) in [4.78, 5) is 0. The van der Waals surface area contributed by atoms with Crippen molar-refractivity contribution in [2.24, 2.45) is 22.7 Å². The van der Waals surface area contributed by atoms with Gasteiger partial charge in [0.25, 0.3) is 0 Å². The normalized spacial score (nSPS) is 39.9. The molecule has 2 saturated carbocycles. The molecule has 0 aliphatic heterocycles. The van der Waals surface area contributed by atoms with Gasteiger partial charge in [0.1, 0.15) is 0 Å². The molecule has 0 bridgehead atoms. The average Bonchev–Trinajstić information content (AvgIpc) is 2.37. The van der Waals surface area contributed by atoms with E-state index in [1.54, 1.807) is 0 Å². The second kappa shape index (κ2) is 6.42. The fraction of sp³-hybridized carbons (Fsp3) is 0.895. The standard InChI is InChI=1S/C19H34O2/c1-14(10-13-20)6-7-15-16(21)8-9-17-18(2,3)11-5-12-19(15,17)4/h10,15-17,20-21H,5-9,11-13H2,1-4H3/b14-10+/t15-,16-,17?,19+/m0/s1. The van der Waals surface area contributed by atoms with Crippen molar-refractivity contribution in [1.82, 2.24) is 0 Å². The van der Waals surface area contributed by atoms with Crippen LogP contribution in [0.15, 0.2) is 11.6 Å². The molecule has 2 aliphatic carbocycles. The van der Waals surface area contributed by atoms with Gasteiger partial charge in [0.2, 0.25) is 0 Å². The van der Waals surface area contributed by atoms with Crippen LogP contribution in [0.25, 0.3) is 0 Å². The molecule has 2 fully saturated rings. The Morgan fingerprint density at radius 2 is 1.90 bits per heavy atom. The quantitative estimate of drug-likeness (QED) is 0.759. The van der Waals surface area contributed by atoms with E-state index in [1.165, 1.54) is 31.3 Å². The van der Waals surface area contributed by atoms with E-state index in [1.807, 2.05) is 6.08 Å². The molecule has 0 heterocycles. The third-order valence-electron chi connectivity index (χ3n) is 6.63. The Kier molecular flexibility index (Phi) is 5.20. The molecule has 0 spiro atoms. The van der Waals surface area contributed by atoms with Crippen molar-refractivity contribution in [3.05, 3.63) is 11.6 Å². The number of aliphatic hydroxyl groups excluding tert-OH is 2. The molecule has 0 aromatic heterocycles. The molecule has 21 heavy (non-hydrogen) atoms. The van der Waals surface area contributed by atoms with E-state index in [9.17, 15) is 5.11 Å². The zero-order chi connectivity index (χ0) is 15.7. The lowest BCUT2D eigenvalue weighted by atomic mass is 9.47. The van der Waals surface area contributed by atoms with Gasteiger partial charge >= 0.3 is 0 Å². The number of fused-ring (bicyclic) bond motifs is 1. The van der Waals surface area contributed by atoms with Crippen molar-refractivity contribution >= 4 is 0 Å². The Bertz CT molecular complexity index is 385. The molecule has 2 heteroatoms. The minimum atomic E-state index is -0.137. The Morgan fingerprint density at radius 1 is 1.19 bits per heavy atom. The van der Waals surface area contributed by atoms with E-state index in [4.69, 9.17) is 5.11 Å². The van der Waals surface area contributed by atoms with Crippen molar-refractivity contribution in [2.75, 3.05) is 6.61 Å². The zero-order valence-electron chi connectivity index (χ0n) is 14.4. The van der Waals surface area contributed by atoms with Crippen LogP contribution in [0.3, 0.4) is 0 Å². The van der Waals surface area contributed by atoms with Crippen molar-refractivity contribution < 1.29 is 10.2 Å². The van der Waals surface area contributed by atoms with E-state index >= 15 is 0 Å². The molecule has 0 amide bonds. The van der Waals surface area contributed by atoms with Crippen LogP contribution < -0.4 is 0 Å². The molecular weight excluding hydrogens is 260 g/mol. The predicted molar refractivity (Wildman–Crippen MR) is 88.0 cm³/mol. The van der Waals surface area contributed by atoms with Crippen molar-refractivity contribution in [3.63, 3.8) is 0 Å². The summed E-state index contributed by atoms with van der Waals surface area (Å²) in [6.45, 7) is 9.53. The fourth-order valence-electron chi connectivity index (χ4n) is 5.47. The van der Waals surface area contributed by atoms with Gasteiger partial charge in [-0.3, -0.25) is 0 Å². The van der Waals surface area contributed by atoms with Crippen LogP contribution in [0.2, 0.25) is 0 Å². The highest BCUT2D eigenvalue weighted by Gasteiger charge is 2.53. The van der Waals surface area contributed by atoms with Gasteiger partial charge in [-0.1, -0.05) is 38.8 Å². The maximum absolute atomic E-state index is 10.6. The highest BCUT2D eigenvalue weighted by molar-refractivity contribution is 5.05. The Hall–Kier alpha value is -0.340. The number of hydrogen-bond donors (Lipinski definition) is 2. The highest BCUT2D eigenvalue weighted by atomic mass is 16.3. The van der Waals surface area contributed by atoms with Gasteiger partial charge in [-0.25, -0.2) is 0 Å². The zero-order valence-corrected chi connectivity index (χ0v) is 14.4. The molecule has 0 radical (unpaired) electrons. The van der Waals surface area contributed by atoms with Crippen molar-refractivity contribution in [3.8, 4) is 0 Å². The Balaban J connectivity index is 2.15. The van der Waals surface area contributed by atoms with Crippen LogP contribution in [0.1, 0.15) is 72.6 Å². The van der Waals surface area contributed by atoms with Crippen LogP contribution in [-0.4, -0.2) is 22.9 Å². The summed E-state index contributed by atoms with van der Waals surface area (Å²) in [6, 6.07) is 0. The van der Waals surface area contributed by atoms with Gasteiger partial charge in [0.05, 0.1) is 12.7 Å². The van der Waals surface area contributed by atoms with Gasteiger partial charge in [0.15, 0.2) is 0 Å². The molecule has 0 aromatic carbocycles. The molecule has 1 unspecified atom stereocenters. The molecular formula is C19H34O2. The lowest BCUT2D eigenvalue weighted by molar-refractivity contribution is -0.125. The molecule has 4 atom stereocenters. The predicted octanol–water partition coefficient (Wildman–Crippen LogP) is 4.31. The van der Waals surface area contributed by atoms with Crippen LogP contribution >= 0.6 is 0 Å². The van der Waals surface area contributed by atoms with E-state index in [2.05, 4.69) is 27.7 Å². The third-order valence-corrected chi connectivity index (χ3v) is 6.63. The summed E-state index contributed by atoms with van der Waals surface area (Å²) in [5, 5.41) is 19.6.